The number of amides is 1. The molecule has 1 amide bonds. The number of hydrogen-bond donors (Lipinski definition) is 1. The van der Waals surface area contributed by atoms with Gasteiger partial charge in [-0.25, -0.2) is 0 Å². The molecular weight excluding hydrogens is 274 g/mol. The lowest BCUT2D eigenvalue weighted by atomic mass is 10.1. The van der Waals surface area contributed by atoms with Crippen molar-refractivity contribution in [3.8, 4) is 5.75 Å². The molecular formula is C14H19N3O4. The molecule has 2 rings (SSSR count). The molecule has 1 unspecified atom stereocenters. The molecule has 21 heavy (non-hydrogen) atoms. The van der Waals surface area contributed by atoms with Crippen molar-refractivity contribution in [2.75, 3.05) is 27.2 Å². The van der Waals surface area contributed by atoms with Crippen molar-refractivity contribution in [2.45, 2.75) is 18.9 Å². The highest BCUT2D eigenvalue weighted by Crippen LogP contribution is 2.25. The number of aromatic hydroxyl groups is 1. The van der Waals surface area contributed by atoms with E-state index in [-0.39, 0.29) is 23.0 Å². The number of nitro groups is 1. The summed E-state index contributed by atoms with van der Waals surface area (Å²) in [7, 11) is 3.63. The topological polar surface area (TPSA) is 86.9 Å². The Morgan fingerprint density at radius 2 is 2.29 bits per heavy atom. The smallest absolute Gasteiger partial charge is 0.282 e. The summed E-state index contributed by atoms with van der Waals surface area (Å²) in [6.45, 7) is 1.51. The van der Waals surface area contributed by atoms with Gasteiger partial charge in [0.05, 0.1) is 4.92 Å². The third-order valence-electron chi connectivity index (χ3n) is 3.91. The highest BCUT2D eigenvalue weighted by atomic mass is 16.6. The Bertz CT molecular complexity index is 561. The van der Waals surface area contributed by atoms with E-state index in [0.717, 1.165) is 31.5 Å². The van der Waals surface area contributed by atoms with Gasteiger partial charge in [0.15, 0.2) is 0 Å². The molecule has 1 atom stereocenters. The van der Waals surface area contributed by atoms with Crippen molar-refractivity contribution in [1.82, 2.24) is 9.80 Å². The molecule has 1 aliphatic heterocycles. The van der Waals surface area contributed by atoms with E-state index in [9.17, 15) is 20.0 Å². The number of phenols is 1. The molecule has 7 nitrogen and oxygen atoms in total. The first-order valence-electron chi connectivity index (χ1n) is 6.83. The number of benzene rings is 1. The maximum absolute atomic E-state index is 12.4. The molecule has 1 aromatic carbocycles. The zero-order chi connectivity index (χ0) is 15.6. The van der Waals surface area contributed by atoms with E-state index in [1.54, 1.807) is 7.05 Å². The Kier molecular flexibility index (Phi) is 4.42. The summed E-state index contributed by atoms with van der Waals surface area (Å²) in [5.74, 6) is -0.603. The maximum Gasteiger partial charge on any atom is 0.282 e. The zero-order valence-corrected chi connectivity index (χ0v) is 12.2. The van der Waals surface area contributed by atoms with E-state index in [1.807, 2.05) is 7.05 Å². The molecule has 0 radical (unpaired) electrons. The Balaban J connectivity index is 2.19. The van der Waals surface area contributed by atoms with Gasteiger partial charge in [0.25, 0.3) is 11.6 Å². The van der Waals surface area contributed by atoms with Gasteiger partial charge >= 0.3 is 0 Å². The Hall–Kier alpha value is -2.15. The Morgan fingerprint density at radius 3 is 2.86 bits per heavy atom. The molecule has 1 fully saturated rings. The van der Waals surface area contributed by atoms with Crippen LogP contribution in [0.3, 0.4) is 0 Å². The molecule has 1 saturated heterocycles. The van der Waals surface area contributed by atoms with Crippen LogP contribution in [0.5, 0.6) is 5.75 Å². The highest BCUT2D eigenvalue weighted by Gasteiger charge is 2.27. The third kappa shape index (κ3) is 3.30. The molecule has 1 aliphatic rings. The fourth-order valence-corrected chi connectivity index (χ4v) is 2.67. The summed E-state index contributed by atoms with van der Waals surface area (Å²) >= 11 is 0. The van der Waals surface area contributed by atoms with E-state index in [0.29, 0.717) is 6.54 Å². The number of phenolic OH excluding ortho intramolecular Hbond substituents is 1. The van der Waals surface area contributed by atoms with Crippen LogP contribution < -0.4 is 0 Å². The lowest BCUT2D eigenvalue weighted by Gasteiger charge is -2.25. The van der Waals surface area contributed by atoms with Crippen molar-refractivity contribution in [3.05, 3.63) is 33.9 Å². The van der Waals surface area contributed by atoms with Crippen molar-refractivity contribution in [3.63, 3.8) is 0 Å². The van der Waals surface area contributed by atoms with Gasteiger partial charge in [0.2, 0.25) is 0 Å². The zero-order valence-electron chi connectivity index (χ0n) is 12.2. The standard InChI is InChI=1S/C14H19N3O4/c1-15-7-3-4-10(15)9-16(2)14(19)12-8-11(18)5-6-13(12)17(20)21/h5-6,8,10,18H,3-4,7,9H2,1-2H3. The summed E-state index contributed by atoms with van der Waals surface area (Å²) in [6, 6.07) is 3.78. The van der Waals surface area contributed by atoms with Gasteiger partial charge < -0.3 is 14.9 Å². The minimum atomic E-state index is -0.609. The van der Waals surface area contributed by atoms with E-state index < -0.39 is 10.8 Å². The first kappa shape index (κ1) is 15.2. The number of carbonyl (C=O) groups is 1. The van der Waals surface area contributed by atoms with E-state index in [4.69, 9.17) is 0 Å². The second-order valence-corrected chi connectivity index (χ2v) is 5.42. The van der Waals surface area contributed by atoms with Crippen LogP contribution in [0.15, 0.2) is 18.2 Å². The number of carbonyl (C=O) groups excluding carboxylic acids is 1. The molecule has 0 bridgehead atoms. The monoisotopic (exact) mass is 293 g/mol. The van der Waals surface area contributed by atoms with Crippen LogP contribution in [0.4, 0.5) is 5.69 Å². The van der Waals surface area contributed by atoms with Gasteiger partial charge in [-0.2, -0.15) is 0 Å². The Morgan fingerprint density at radius 1 is 1.57 bits per heavy atom. The molecule has 1 aromatic rings. The predicted octanol–water partition coefficient (Wildman–Crippen LogP) is 1.47. The second-order valence-electron chi connectivity index (χ2n) is 5.42. The van der Waals surface area contributed by atoms with Gasteiger partial charge in [-0.3, -0.25) is 14.9 Å². The van der Waals surface area contributed by atoms with Crippen LogP contribution in [-0.4, -0.2) is 59.0 Å². The van der Waals surface area contributed by atoms with Crippen LogP contribution in [0, 0.1) is 10.1 Å². The molecule has 0 aliphatic carbocycles. The van der Waals surface area contributed by atoms with E-state index in [1.165, 1.54) is 11.0 Å². The first-order chi connectivity index (χ1) is 9.90. The lowest BCUT2D eigenvalue weighted by molar-refractivity contribution is -0.385. The van der Waals surface area contributed by atoms with Crippen molar-refractivity contribution >= 4 is 11.6 Å². The van der Waals surface area contributed by atoms with Gasteiger partial charge in [-0.15, -0.1) is 0 Å². The number of likely N-dealkylation sites (tertiary alicyclic amines) is 1. The number of likely N-dealkylation sites (N-methyl/N-ethyl adjacent to an activating group) is 2. The number of nitrogens with zero attached hydrogens (tertiary/aromatic N) is 3. The Labute approximate surface area is 122 Å². The average molecular weight is 293 g/mol. The molecule has 0 aromatic heterocycles. The molecule has 1 N–H and O–H groups in total. The predicted molar refractivity (Wildman–Crippen MR) is 77.4 cm³/mol. The van der Waals surface area contributed by atoms with Gasteiger partial charge in [0.1, 0.15) is 11.3 Å². The summed E-state index contributed by atoms with van der Waals surface area (Å²) in [6.07, 6.45) is 2.10. The fourth-order valence-electron chi connectivity index (χ4n) is 2.67. The molecule has 114 valence electrons. The largest absolute Gasteiger partial charge is 0.508 e. The van der Waals surface area contributed by atoms with Crippen LogP contribution >= 0.6 is 0 Å². The van der Waals surface area contributed by atoms with Crippen molar-refractivity contribution < 1.29 is 14.8 Å². The number of hydrogen-bond acceptors (Lipinski definition) is 5. The van der Waals surface area contributed by atoms with Crippen molar-refractivity contribution in [1.29, 1.82) is 0 Å². The molecule has 1 heterocycles. The fraction of sp³-hybridized carbons (Fsp3) is 0.500. The molecule has 0 spiro atoms. The second kappa shape index (κ2) is 6.09. The van der Waals surface area contributed by atoms with Crippen LogP contribution in [-0.2, 0) is 0 Å². The highest BCUT2D eigenvalue weighted by molar-refractivity contribution is 5.98. The summed E-state index contributed by atoms with van der Waals surface area (Å²) < 4.78 is 0. The molecule has 0 saturated carbocycles. The normalized spacial score (nSPS) is 18.7. The number of rotatable bonds is 4. The summed E-state index contributed by atoms with van der Waals surface area (Å²) in [5, 5.41) is 20.5. The quantitative estimate of drug-likeness (QED) is 0.671. The van der Waals surface area contributed by atoms with E-state index >= 15 is 0 Å². The van der Waals surface area contributed by atoms with E-state index in [2.05, 4.69) is 4.90 Å². The third-order valence-corrected chi connectivity index (χ3v) is 3.91. The summed E-state index contributed by atoms with van der Waals surface area (Å²) in [5.41, 5.74) is -0.368. The number of nitro benzene ring substituents is 1. The van der Waals surface area contributed by atoms with Crippen LogP contribution in [0.1, 0.15) is 23.2 Å². The van der Waals surface area contributed by atoms with Gasteiger partial charge in [0, 0.05) is 25.7 Å². The first-order valence-corrected chi connectivity index (χ1v) is 6.83. The van der Waals surface area contributed by atoms with Crippen LogP contribution in [0.25, 0.3) is 0 Å². The SMILES string of the molecule is CN(CC1CCCN1C)C(=O)c1cc(O)ccc1[N+](=O)[O-]. The molecule has 7 heteroatoms. The van der Waals surface area contributed by atoms with Crippen LogP contribution in [0.2, 0.25) is 0 Å². The van der Waals surface area contributed by atoms with Crippen molar-refractivity contribution in [2.24, 2.45) is 0 Å². The van der Waals surface area contributed by atoms with Gasteiger partial charge in [-0.05, 0) is 38.6 Å². The minimum Gasteiger partial charge on any atom is -0.508 e. The average Bonchev–Trinajstić information content (AvgIpc) is 2.83. The maximum atomic E-state index is 12.4. The minimum absolute atomic E-state index is 0.0804. The lowest BCUT2D eigenvalue weighted by Crippen LogP contribution is -2.39. The summed E-state index contributed by atoms with van der Waals surface area (Å²) in [4.78, 5) is 26.5. The van der Waals surface area contributed by atoms with Gasteiger partial charge in [-0.1, -0.05) is 0 Å².